The molecule has 2 aromatic heterocycles. The number of thiophene rings is 1. The largest absolute Gasteiger partial charge is 0.484 e. The molecule has 0 fully saturated rings. The van der Waals surface area contributed by atoms with Crippen molar-refractivity contribution in [3.8, 4) is 16.5 Å². The fourth-order valence-electron chi connectivity index (χ4n) is 1.52. The maximum absolute atomic E-state index is 5.80. The van der Waals surface area contributed by atoms with Gasteiger partial charge in [0.15, 0.2) is 6.61 Å². The highest BCUT2D eigenvalue weighted by atomic mass is 79.9. The van der Waals surface area contributed by atoms with Gasteiger partial charge in [-0.1, -0.05) is 11.6 Å². The third-order valence-electron chi connectivity index (χ3n) is 2.43. The van der Waals surface area contributed by atoms with Crippen LogP contribution in [0.5, 0.6) is 5.75 Å². The van der Waals surface area contributed by atoms with E-state index in [1.54, 1.807) is 24.3 Å². The van der Waals surface area contributed by atoms with Crippen LogP contribution in [0, 0.1) is 0 Å². The van der Waals surface area contributed by atoms with Crippen molar-refractivity contribution in [3.05, 3.63) is 51.1 Å². The van der Waals surface area contributed by atoms with Crippen molar-refractivity contribution in [3.63, 3.8) is 0 Å². The van der Waals surface area contributed by atoms with Crippen LogP contribution in [0.2, 0.25) is 5.02 Å². The predicted octanol–water partition coefficient (Wildman–Crippen LogP) is 4.79. The van der Waals surface area contributed by atoms with Gasteiger partial charge in [0, 0.05) is 5.02 Å². The number of aromatic nitrogens is 2. The second-order valence-electron chi connectivity index (χ2n) is 3.85. The number of nitrogens with zero attached hydrogens (tertiary/aromatic N) is 2. The quantitative estimate of drug-likeness (QED) is 0.661. The minimum Gasteiger partial charge on any atom is -0.484 e. The lowest BCUT2D eigenvalue weighted by molar-refractivity contribution is 0.264. The molecule has 4 nitrogen and oxygen atoms in total. The van der Waals surface area contributed by atoms with Crippen LogP contribution in [-0.2, 0) is 6.61 Å². The first-order valence-corrected chi connectivity index (χ1v) is 7.66. The van der Waals surface area contributed by atoms with E-state index < -0.39 is 0 Å². The summed E-state index contributed by atoms with van der Waals surface area (Å²) in [4.78, 5) is 0.919. The standard InChI is InChI=1S/C13H8BrClN2O2S/c14-11-6-5-10(20-11)13-17-16-12(19-13)7-18-9-3-1-8(15)2-4-9/h1-6H,7H2. The lowest BCUT2D eigenvalue weighted by atomic mass is 10.3. The van der Waals surface area contributed by atoms with Gasteiger partial charge >= 0.3 is 0 Å². The molecular weight excluding hydrogens is 364 g/mol. The molecule has 0 bridgehead atoms. The third kappa shape index (κ3) is 3.20. The van der Waals surface area contributed by atoms with Crippen molar-refractivity contribution in [1.82, 2.24) is 10.2 Å². The summed E-state index contributed by atoms with van der Waals surface area (Å²) >= 11 is 10.7. The molecule has 0 amide bonds. The highest BCUT2D eigenvalue weighted by molar-refractivity contribution is 9.11. The Hall–Kier alpha value is -1.37. The molecule has 0 N–H and O–H groups in total. The van der Waals surface area contributed by atoms with Crippen LogP contribution in [0.4, 0.5) is 0 Å². The minimum atomic E-state index is 0.223. The normalized spacial score (nSPS) is 10.7. The Morgan fingerprint density at radius 3 is 2.65 bits per heavy atom. The van der Waals surface area contributed by atoms with E-state index in [-0.39, 0.29) is 6.61 Å². The Labute approximate surface area is 132 Å². The molecule has 0 saturated heterocycles. The summed E-state index contributed by atoms with van der Waals surface area (Å²) in [7, 11) is 0. The molecule has 0 unspecified atom stereocenters. The van der Waals surface area contributed by atoms with Crippen molar-refractivity contribution in [2.24, 2.45) is 0 Å². The van der Waals surface area contributed by atoms with Crippen LogP contribution in [-0.4, -0.2) is 10.2 Å². The predicted molar refractivity (Wildman–Crippen MR) is 81.1 cm³/mol. The molecule has 102 valence electrons. The highest BCUT2D eigenvalue weighted by Crippen LogP contribution is 2.30. The molecule has 0 atom stereocenters. The molecule has 0 aliphatic heterocycles. The zero-order valence-electron chi connectivity index (χ0n) is 10.0. The monoisotopic (exact) mass is 370 g/mol. The Morgan fingerprint density at radius 1 is 1.15 bits per heavy atom. The minimum absolute atomic E-state index is 0.223. The first-order valence-electron chi connectivity index (χ1n) is 5.67. The van der Waals surface area contributed by atoms with E-state index >= 15 is 0 Å². The van der Waals surface area contributed by atoms with Crippen LogP contribution in [0.3, 0.4) is 0 Å². The van der Waals surface area contributed by atoms with E-state index in [4.69, 9.17) is 20.8 Å². The number of benzene rings is 1. The van der Waals surface area contributed by atoms with E-state index in [0.717, 1.165) is 8.66 Å². The summed E-state index contributed by atoms with van der Waals surface area (Å²) in [6.07, 6.45) is 0. The van der Waals surface area contributed by atoms with E-state index in [0.29, 0.717) is 22.6 Å². The molecule has 0 radical (unpaired) electrons. The van der Waals surface area contributed by atoms with Gasteiger partial charge in [0.2, 0.25) is 0 Å². The fraction of sp³-hybridized carbons (Fsp3) is 0.0769. The lowest BCUT2D eigenvalue weighted by Gasteiger charge is -2.02. The topological polar surface area (TPSA) is 48.2 Å². The van der Waals surface area contributed by atoms with Crippen LogP contribution in [0.1, 0.15) is 5.89 Å². The summed E-state index contributed by atoms with van der Waals surface area (Å²) in [6, 6.07) is 11.0. The van der Waals surface area contributed by atoms with Gasteiger partial charge in [0.1, 0.15) is 5.75 Å². The Balaban J connectivity index is 1.67. The molecule has 3 aromatic rings. The maximum Gasteiger partial charge on any atom is 0.257 e. The Bertz CT molecular complexity index is 711. The molecule has 3 rings (SSSR count). The van der Waals surface area contributed by atoms with E-state index in [1.807, 2.05) is 12.1 Å². The second kappa shape index (κ2) is 5.95. The van der Waals surface area contributed by atoms with Gasteiger partial charge in [-0.25, -0.2) is 0 Å². The van der Waals surface area contributed by atoms with Gasteiger partial charge in [0.25, 0.3) is 11.8 Å². The van der Waals surface area contributed by atoms with Crippen molar-refractivity contribution in [2.75, 3.05) is 0 Å². The summed E-state index contributed by atoms with van der Waals surface area (Å²) in [5.74, 6) is 1.63. The van der Waals surface area contributed by atoms with Gasteiger partial charge in [-0.2, -0.15) is 0 Å². The van der Waals surface area contributed by atoms with E-state index in [9.17, 15) is 0 Å². The molecular formula is C13H8BrClN2O2S. The zero-order chi connectivity index (χ0) is 13.9. The summed E-state index contributed by atoms with van der Waals surface area (Å²) < 4.78 is 12.1. The van der Waals surface area contributed by atoms with Crippen LogP contribution in [0.25, 0.3) is 10.8 Å². The van der Waals surface area contributed by atoms with Gasteiger partial charge in [-0.05, 0) is 52.3 Å². The molecule has 1 aromatic carbocycles. The maximum atomic E-state index is 5.80. The van der Waals surface area contributed by atoms with Crippen LogP contribution < -0.4 is 4.74 Å². The molecule has 0 aliphatic rings. The molecule has 0 spiro atoms. The first-order chi connectivity index (χ1) is 9.70. The SMILES string of the molecule is Clc1ccc(OCc2nnc(-c3ccc(Br)s3)o2)cc1. The fourth-order valence-corrected chi connectivity index (χ4v) is 2.95. The molecule has 0 saturated carbocycles. The summed E-state index contributed by atoms with van der Waals surface area (Å²) in [5.41, 5.74) is 0. The van der Waals surface area contributed by atoms with Gasteiger partial charge in [0.05, 0.1) is 8.66 Å². The number of rotatable bonds is 4. The zero-order valence-corrected chi connectivity index (χ0v) is 13.2. The smallest absolute Gasteiger partial charge is 0.257 e. The van der Waals surface area contributed by atoms with Gasteiger partial charge < -0.3 is 9.15 Å². The third-order valence-corrected chi connectivity index (χ3v) is 4.29. The average molecular weight is 372 g/mol. The number of hydrogen-bond acceptors (Lipinski definition) is 5. The van der Waals surface area contributed by atoms with E-state index in [1.165, 1.54) is 11.3 Å². The number of halogens is 2. The lowest BCUT2D eigenvalue weighted by Crippen LogP contribution is -1.95. The first kappa shape index (κ1) is 13.6. The Kier molecular flexibility index (Phi) is 4.05. The summed E-state index contributed by atoms with van der Waals surface area (Å²) in [5, 5.41) is 8.62. The molecule has 20 heavy (non-hydrogen) atoms. The number of ether oxygens (including phenoxy) is 1. The molecule has 2 heterocycles. The number of hydrogen-bond donors (Lipinski definition) is 0. The van der Waals surface area contributed by atoms with Crippen molar-refractivity contribution in [1.29, 1.82) is 0 Å². The molecule has 7 heteroatoms. The van der Waals surface area contributed by atoms with Crippen molar-refractivity contribution in [2.45, 2.75) is 6.61 Å². The average Bonchev–Trinajstić information content (AvgIpc) is 3.07. The molecule has 0 aliphatic carbocycles. The highest BCUT2D eigenvalue weighted by Gasteiger charge is 2.11. The second-order valence-corrected chi connectivity index (χ2v) is 6.75. The van der Waals surface area contributed by atoms with Gasteiger partial charge in [-0.3, -0.25) is 0 Å². The van der Waals surface area contributed by atoms with Crippen LogP contribution >= 0.6 is 38.9 Å². The van der Waals surface area contributed by atoms with E-state index in [2.05, 4.69) is 26.1 Å². The summed E-state index contributed by atoms with van der Waals surface area (Å²) in [6.45, 7) is 0.223. The van der Waals surface area contributed by atoms with Crippen molar-refractivity contribution >= 4 is 38.9 Å². The van der Waals surface area contributed by atoms with Crippen molar-refractivity contribution < 1.29 is 9.15 Å². The van der Waals surface area contributed by atoms with Gasteiger partial charge in [-0.15, -0.1) is 21.5 Å². The van der Waals surface area contributed by atoms with Crippen LogP contribution in [0.15, 0.2) is 44.6 Å². The Morgan fingerprint density at radius 2 is 1.95 bits per heavy atom.